The second kappa shape index (κ2) is 6.50. The van der Waals surface area contributed by atoms with Crippen LogP contribution in [0.4, 0.5) is 0 Å². The van der Waals surface area contributed by atoms with Crippen LogP contribution in [-0.2, 0) is 9.53 Å². The summed E-state index contributed by atoms with van der Waals surface area (Å²) in [4.78, 5) is 12.2. The molecule has 1 unspecified atom stereocenters. The molecule has 0 bridgehead atoms. The van der Waals surface area contributed by atoms with E-state index in [9.17, 15) is 4.79 Å². The Labute approximate surface area is 128 Å². The molecule has 3 nitrogen and oxygen atoms in total. The fourth-order valence-corrected chi connectivity index (χ4v) is 1.91. The molecule has 0 aliphatic carbocycles. The van der Waals surface area contributed by atoms with Gasteiger partial charge in [-0.1, -0.05) is 32.9 Å². The van der Waals surface area contributed by atoms with Crippen LogP contribution < -0.4 is 4.74 Å². The first-order chi connectivity index (χ1) is 9.53. The Morgan fingerprint density at radius 3 is 1.95 bits per heavy atom. The molecule has 0 aromatic heterocycles. The van der Waals surface area contributed by atoms with Gasteiger partial charge in [0.2, 0.25) is 0 Å². The van der Waals surface area contributed by atoms with Crippen LogP contribution >= 0.6 is 0 Å². The van der Waals surface area contributed by atoms with Crippen molar-refractivity contribution in [3.8, 4) is 5.75 Å². The van der Waals surface area contributed by atoms with Crippen molar-refractivity contribution >= 4 is 5.97 Å². The Hall–Kier alpha value is -1.51. The molecule has 1 aromatic carbocycles. The van der Waals surface area contributed by atoms with Crippen LogP contribution in [-0.4, -0.2) is 13.1 Å². The Morgan fingerprint density at radius 2 is 1.57 bits per heavy atom. The standard InChI is InChI=1S/C18H28O3/c1-17(2,3)12-15(21-16(19)18(4,5)6)13-8-10-14(20-7)11-9-13/h8-11,15H,12H2,1-7H3. The van der Waals surface area contributed by atoms with Gasteiger partial charge in [0.1, 0.15) is 11.9 Å². The van der Waals surface area contributed by atoms with Crippen molar-refractivity contribution in [1.82, 2.24) is 0 Å². The van der Waals surface area contributed by atoms with E-state index in [1.54, 1.807) is 7.11 Å². The molecular formula is C18H28O3. The van der Waals surface area contributed by atoms with Gasteiger partial charge in [0.15, 0.2) is 0 Å². The van der Waals surface area contributed by atoms with Gasteiger partial charge in [-0.05, 0) is 50.3 Å². The number of benzene rings is 1. The topological polar surface area (TPSA) is 35.5 Å². The smallest absolute Gasteiger partial charge is 0.311 e. The molecule has 3 heteroatoms. The molecule has 21 heavy (non-hydrogen) atoms. The molecule has 0 aliphatic heterocycles. The third-order valence-corrected chi connectivity index (χ3v) is 3.15. The Morgan fingerprint density at radius 1 is 1.05 bits per heavy atom. The lowest BCUT2D eigenvalue weighted by Crippen LogP contribution is -2.26. The number of methoxy groups -OCH3 is 1. The van der Waals surface area contributed by atoms with Gasteiger partial charge in [-0.3, -0.25) is 4.79 Å². The van der Waals surface area contributed by atoms with Gasteiger partial charge < -0.3 is 9.47 Å². The summed E-state index contributed by atoms with van der Waals surface area (Å²) in [7, 11) is 1.64. The minimum atomic E-state index is -0.497. The molecule has 0 aliphatic rings. The van der Waals surface area contributed by atoms with Gasteiger partial charge in [0, 0.05) is 0 Å². The quantitative estimate of drug-likeness (QED) is 0.750. The van der Waals surface area contributed by atoms with E-state index in [0.717, 1.165) is 17.7 Å². The zero-order valence-corrected chi connectivity index (χ0v) is 14.3. The van der Waals surface area contributed by atoms with Crippen LogP contribution in [0.15, 0.2) is 24.3 Å². The highest BCUT2D eigenvalue weighted by Gasteiger charge is 2.29. The minimum absolute atomic E-state index is 0.0722. The monoisotopic (exact) mass is 292 g/mol. The van der Waals surface area contributed by atoms with Crippen molar-refractivity contribution in [3.63, 3.8) is 0 Å². The average molecular weight is 292 g/mol. The Bertz CT molecular complexity index is 461. The molecule has 1 atom stereocenters. The second-order valence-corrected chi connectivity index (χ2v) is 7.68. The van der Waals surface area contributed by atoms with Crippen LogP contribution in [0.5, 0.6) is 5.75 Å². The number of hydrogen-bond donors (Lipinski definition) is 0. The van der Waals surface area contributed by atoms with Gasteiger partial charge in [0.25, 0.3) is 0 Å². The first-order valence-electron chi connectivity index (χ1n) is 7.38. The SMILES string of the molecule is COc1ccc(C(CC(C)(C)C)OC(=O)C(C)(C)C)cc1. The first-order valence-corrected chi connectivity index (χ1v) is 7.38. The predicted octanol–water partition coefficient (Wildman–Crippen LogP) is 4.76. The van der Waals surface area contributed by atoms with Crippen LogP contribution in [0, 0.1) is 10.8 Å². The molecular weight excluding hydrogens is 264 g/mol. The molecule has 0 amide bonds. The first kappa shape index (κ1) is 17.5. The van der Waals surface area contributed by atoms with Crippen LogP contribution in [0.3, 0.4) is 0 Å². The number of carbonyl (C=O) groups excluding carboxylic acids is 1. The lowest BCUT2D eigenvalue weighted by molar-refractivity contribution is -0.160. The predicted molar refractivity (Wildman–Crippen MR) is 85.4 cm³/mol. The van der Waals surface area contributed by atoms with E-state index in [-0.39, 0.29) is 17.5 Å². The molecule has 118 valence electrons. The number of carbonyl (C=O) groups is 1. The minimum Gasteiger partial charge on any atom is -0.497 e. The number of hydrogen-bond acceptors (Lipinski definition) is 3. The number of rotatable bonds is 4. The lowest BCUT2D eigenvalue weighted by Gasteiger charge is -2.29. The summed E-state index contributed by atoms with van der Waals surface area (Å²) in [6, 6.07) is 7.72. The van der Waals surface area contributed by atoms with E-state index >= 15 is 0 Å². The van der Waals surface area contributed by atoms with E-state index in [2.05, 4.69) is 20.8 Å². The molecule has 0 spiro atoms. The number of esters is 1. The molecule has 0 saturated carbocycles. The van der Waals surface area contributed by atoms with Crippen molar-refractivity contribution in [1.29, 1.82) is 0 Å². The third kappa shape index (κ3) is 5.78. The lowest BCUT2D eigenvalue weighted by atomic mass is 9.86. The summed E-state index contributed by atoms with van der Waals surface area (Å²) < 4.78 is 10.9. The normalized spacial score (nSPS) is 13.7. The van der Waals surface area contributed by atoms with E-state index in [1.165, 1.54) is 0 Å². The zero-order chi connectivity index (χ0) is 16.3. The van der Waals surface area contributed by atoms with Crippen molar-refractivity contribution in [2.75, 3.05) is 7.11 Å². The average Bonchev–Trinajstić information content (AvgIpc) is 2.35. The maximum absolute atomic E-state index is 12.2. The second-order valence-electron chi connectivity index (χ2n) is 7.68. The summed E-state index contributed by atoms with van der Waals surface area (Å²) in [6.45, 7) is 12.1. The van der Waals surface area contributed by atoms with Crippen molar-refractivity contribution < 1.29 is 14.3 Å². The van der Waals surface area contributed by atoms with Crippen molar-refractivity contribution in [2.24, 2.45) is 10.8 Å². The Balaban J connectivity index is 2.98. The highest BCUT2D eigenvalue weighted by molar-refractivity contribution is 5.75. The molecule has 0 saturated heterocycles. The van der Waals surface area contributed by atoms with Crippen molar-refractivity contribution in [3.05, 3.63) is 29.8 Å². The molecule has 0 N–H and O–H groups in total. The zero-order valence-electron chi connectivity index (χ0n) is 14.3. The number of ether oxygens (including phenoxy) is 2. The van der Waals surface area contributed by atoms with Gasteiger partial charge >= 0.3 is 5.97 Å². The van der Waals surface area contributed by atoms with Crippen molar-refractivity contribution in [2.45, 2.75) is 54.1 Å². The highest BCUT2D eigenvalue weighted by atomic mass is 16.5. The van der Waals surface area contributed by atoms with Crippen LogP contribution in [0.1, 0.15) is 59.6 Å². The van der Waals surface area contributed by atoms with Crippen LogP contribution in [0.25, 0.3) is 0 Å². The van der Waals surface area contributed by atoms with Gasteiger partial charge in [-0.15, -0.1) is 0 Å². The summed E-state index contributed by atoms with van der Waals surface area (Å²) in [5.74, 6) is 0.628. The fraction of sp³-hybridized carbons (Fsp3) is 0.611. The van der Waals surface area contributed by atoms with Crippen LogP contribution in [0.2, 0.25) is 0 Å². The van der Waals surface area contributed by atoms with E-state index in [1.807, 2.05) is 45.0 Å². The summed E-state index contributed by atoms with van der Waals surface area (Å²) in [6.07, 6.45) is 0.545. The van der Waals surface area contributed by atoms with E-state index in [4.69, 9.17) is 9.47 Å². The maximum atomic E-state index is 12.2. The fourth-order valence-electron chi connectivity index (χ4n) is 1.91. The molecule has 1 rings (SSSR count). The molecule has 0 heterocycles. The Kier molecular flexibility index (Phi) is 5.43. The highest BCUT2D eigenvalue weighted by Crippen LogP contribution is 2.34. The third-order valence-electron chi connectivity index (χ3n) is 3.15. The summed E-state index contributed by atoms with van der Waals surface area (Å²) in [5.41, 5.74) is 0.578. The van der Waals surface area contributed by atoms with E-state index in [0.29, 0.717) is 0 Å². The molecule has 0 fully saturated rings. The largest absolute Gasteiger partial charge is 0.497 e. The van der Waals surface area contributed by atoms with Gasteiger partial charge in [-0.2, -0.15) is 0 Å². The molecule has 1 aromatic rings. The maximum Gasteiger partial charge on any atom is 0.311 e. The van der Waals surface area contributed by atoms with E-state index < -0.39 is 5.41 Å². The van der Waals surface area contributed by atoms with Gasteiger partial charge in [0.05, 0.1) is 12.5 Å². The summed E-state index contributed by atoms with van der Waals surface area (Å²) >= 11 is 0. The van der Waals surface area contributed by atoms with Gasteiger partial charge in [-0.25, -0.2) is 0 Å². The summed E-state index contributed by atoms with van der Waals surface area (Å²) in [5, 5.41) is 0. The molecule has 0 radical (unpaired) electrons.